The quantitative estimate of drug-likeness (QED) is 0.284. The standard InChI is InChI=1S/C35H39BrClNO6/c1-6-43-28-14-21(13-23(36)33(28)44-19-20-8-7-9-22(37)12-20)30-31-24(15-34(2,3)17-26(31)39)38(11-10-29(41)42)25-16-35(4,5)18-27(40)32(25)30/h7-9,12-14,30H,6,10-11,15-19H2,1-5H3,(H,41,42). The Bertz CT molecular complexity index is 1540. The number of halogens is 2. The molecule has 234 valence electrons. The van der Waals surface area contributed by atoms with Gasteiger partial charge in [-0.3, -0.25) is 14.4 Å². The molecule has 9 heteroatoms. The van der Waals surface area contributed by atoms with E-state index in [1.54, 1.807) is 0 Å². The van der Waals surface area contributed by atoms with Crippen molar-refractivity contribution in [3.63, 3.8) is 0 Å². The van der Waals surface area contributed by atoms with Crippen molar-refractivity contribution in [1.29, 1.82) is 0 Å². The SMILES string of the molecule is CCOc1cc(C2C3=C(CC(C)(C)CC3=O)N(CCC(=O)O)C3=C2C(=O)CC(C)(C)C3)cc(Br)c1OCc1cccc(Cl)c1. The first kappa shape index (κ1) is 32.3. The maximum atomic E-state index is 14.1. The van der Waals surface area contributed by atoms with E-state index in [9.17, 15) is 19.5 Å². The number of carboxylic acids is 1. The molecular formula is C35H39BrClNO6. The molecule has 0 unspecified atom stereocenters. The third kappa shape index (κ3) is 6.62. The Balaban J connectivity index is 1.67. The molecule has 7 nitrogen and oxygen atoms in total. The van der Waals surface area contributed by atoms with Gasteiger partial charge in [-0.25, -0.2) is 0 Å². The molecule has 0 aromatic heterocycles. The minimum Gasteiger partial charge on any atom is -0.490 e. The molecule has 1 N–H and O–H groups in total. The van der Waals surface area contributed by atoms with Crippen molar-refractivity contribution < 1.29 is 29.0 Å². The number of Topliss-reactive ketones (excluding diaryl/α,β-unsaturated/α-hetero) is 2. The second-order valence-electron chi connectivity index (χ2n) is 13.5. The number of benzene rings is 2. The van der Waals surface area contributed by atoms with Crippen molar-refractivity contribution in [1.82, 2.24) is 4.90 Å². The van der Waals surface area contributed by atoms with Crippen LogP contribution in [0.5, 0.6) is 11.5 Å². The van der Waals surface area contributed by atoms with E-state index in [0.717, 1.165) is 22.5 Å². The average Bonchev–Trinajstić information content (AvgIpc) is 2.89. The van der Waals surface area contributed by atoms with Gasteiger partial charge in [0.15, 0.2) is 23.1 Å². The van der Waals surface area contributed by atoms with Gasteiger partial charge >= 0.3 is 5.97 Å². The Morgan fingerprint density at radius 3 is 2.14 bits per heavy atom. The maximum absolute atomic E-state index is 14.1. The molecule has 0 amide bonds. The highest BCUT2D eigenvalue weighted by Crippen LogP contribution is 2.55. The summed E-state index contributed by atoms with van der Waals surface area (Å²) in [5.41, 5.74) is 3.89. The van der Waals surface area contributed by atoms with Gasteiger partial charge in [-0.15, -0.1) is 0 Å². The van der Waals surface area contributed by atoms with E-state index < -0.39 is 11.9 Å². The first-order valence-corrected chi connectivity index (χ1v) is 16.2. The van der Waals surface area contributed by atoms with Gasteiger partial charge in [0, 0.05) is 52.9 Å². The van der Waals surface area contributed by atoms with Crippen molar-refractivity contribution in [3.05, 3.63) is 79.6 Å². The van der Waals surface area contributed by atoms with Gasteiger partial charge in [-0.05, 0) is 81.9 Å². The van der Waals surface area contributed by atoms with E-state index in [-0.39, 0.29) is 42.0 Å². The summed E-state index contributed by atoms with van der Waals surface area (Å²) in [7, 11) is 0. The molecule has 1 aliphatic heterocycles. The Kier molecular flexibility index (Phi) is 9.07. The first-order valence-electron chi connectivity index (χ1n) is 15.0. The molecule has 3 aliphatic rings. The molecule has 1 heterocycles. The van der Waals surface area contributed by atoms with Gasteiger partial charge in [0.25, 0.3) is 0 Å². The number of allylic oxidation sites excluding steroid dienone is 4. The first-order chi connectivity index (χ1) is 20.7. The average molecular weight is 685 g/mol. The highest BCUT2D eigenvalue weighted by molar-refractivity contribution is 9.10. The second-order valence-corrected chi connectivity index (χ2v) is 14.8. The molecule has 0 bridgehead atoms. The van der Waals surface area contributed by atoms with Crippen LogP contribution in [0.3, 0.4) is 0 Å². The lowest BCUT2D eigenvalue weighted by atomic mass is 9.63. The number of carbonyl (C=O) groups is 3. The summed E-state index contributed by atoms with van der Waals surface area (Å²) in [5, 5.41) is 10.2. The Morgan fingerprint density at radius 1 is 0.977 bits per heavy atom. The summed E-state index contributed by atoms with van der Waals surface area (Å²) in [6, 6.07) is 11.3. The molecule has 0 atom stereocenters. The largest absolute Gasteiger partial charge is 0.490 e. The molecule has 0 spiro atoms. The molecule has 2 aromatic rings. The van der Waals surface area contributed by atoms with Gasteiger partial charge in [0.2, 0.25) is 0 Å². The summed E-state index contributed by atoms with van der Waals surface area (Å²) >= 11 is 9.89. The van der Waals surface area contributed by atoms with Gasteiger partial charge in [-0.1, -0.05) is 51.4 Å². The molecule has 0 saturated heterocycles. The summed E-state index contributed by atoms with van der Waals surface area (Å²) < 4.78 is 13.0. The fourth-order valence-corrected chi connectivity index (χ4v) is 7.59. The number of carboxylic acid groups (broad SMARTS) is 1. The third-order valence-corrected chi connectivity index (χ3v) is 9.33. The molecule has 5 rings (SSSR count). The molecule has 0 radical (unpaired) electrons. The van der Waals surface area contributed by atoms with Gasteiger partial charge in [-0.2, -0.15) is 0 Å². The smallest absolute Gasteiger partial charge is 0.305 e. The minimum atomic E-state index is -0.919. The van der Waals surface area contributed by atoms with Crippen LogP contribution in [0, 0.1) is 10.8 Å². The van der Waals surface area contributed by atoms with Crippen LogP contribution in [-0.4, -0.2) is 40.7 Å². The lowest BCUT2D eigenvalue weighted by Crippen LogP contribution is -2.45. The lowest BCUT2D eigenvalue weighted by Gasteiger charge is -2.49. The van der Waals surface area contributed by atoms with Crippen molar-refractivity contribution in [3.8, 4) is 11.5 Å². The number of nitrogens with zero attached hydrogens (tertiary/aromatic N) is 1. The van der Waals surface area contributed by atoms with E-state index in [0.29, 0.717) is 64.4 Å². The molecule has 2 aromatic carbocycles. The van der Waals surface area contributed by atoms with E-state index in [1.807, 2.05) is 48.2 Å². The van der Waals surface area contributed by atoms with E-state index >= 15 is 0 Å². The number of rotatable bonds is 9. The fourth-order valence-electron chi connectivity index (χ4n) is 6.80. The van der Waals surface area contributed by atoms with Gasteiger partial charge in [0.05, 0.1) is 17.5 Å². The molecule has 0 fully saturated rings. The summed E-state index contributed by atoms with van der Waals surface area (Å²) in [5.74, 6) is -0.514. The van der Waals surface area contributed by atoms with E-state index in [1.165, 1.54) is 0 Å². The van der Waals surface area contributed by atoms with Crippen LogP contribution in [0.1, 0.15) is 83.8 Å². The maximum Gasteiger partial charge on any atom is 0.305 e. The second kappa shape index (κ2) is 12.4. The summed E-state index contributed by atoms with van der Waals surface area (Å²) in [6.45, 7) is 11.0. The number of ether oxygens (including phenoxy) is 2. The molecular weight excluding hydrogens is 646 g/mol. The Morgan fingerprint density at radius 2 is 1.59 bits per heavy atom. The minimum absolute atomic E-state index is 0.0128. The molecule has 0 saturated carbocycles. The normalized spacial score (nSPS) is 19.6. The fraction of sp³-hybridized carbons (Fsp3) is 0.457. The highest BCUT2D eigenvalue weighted by atomic mass is 79.9. The van der Waals surface area contributed by atoms with Crippen LogP contribution in [0.4, 0.5) is 0 Å². The zero-order valence-corrected chi connectivity index (χ0v) is 28.2. The Labute approximate surface area is 272 Å². The zero-order valence-electron chi connectivity index (χ0n) is 25.9. The lowest BCUT2D eigenvalue weighted by molar-refractivity contribution is -0.137. The van der Waals surface area contributed by atoms with Crippen molar-refractivity contribution in [2.75, 3.05) is 13.2 Å². The van der Waals surface area contributed by atoms with E-state index in [4.69, 9.17) is 21.1 Å². The number of aliphatic carboxylic acids is 1. The number of hydrogen-bond acceptors (Lipinski definition) is 6. The van der Waals surface area contributed by atoms with Crippen molar-refractivity contribution >= 4 is 45.1 Å². The van der Waals surface area contributed by atoms with Crippen LogP contribution in [0.15, 0.2) is 63.4 Å². The summed E-state index contributed by atoms with van der Waals surface area (Å²) in [6.07, 6.45) is 1.81. The van der Waals surface area contributed by atoms with Gasteiger partial charge in [0.1, 0.15) is 6.61 Å². The number of carbonyl (C=O) groups excluding carboxylic acids is 2. The van der Waals surface area contributed by atoms with Crippen LogP contribution < -0.4 is 9.47 Å². The number of hydrogen-bond donors (Lipinski definition) is 1. The van der Waals surface area contributed by atoms with Crippen LogP contribution >= 0.6 is 27.5 Å². The zero-order chi connectivity index (χ0) is 32.0. The van der Waals surface area contributed by atoms with E-state index in [2.05, 4.69) is 43.6 Å². The van der Waals surface area contributed by atoms with Crippen LogP contribution in [0.2, 0.25) is 5.02 Å². The predicted octanol–water partition coefficient (Wildman–Crippen LogP) is 8.24. The molecule has 2 aliphatic carbocycles. The van der Waals surface area contributed by atoms with Crippen molar-refractivity contribution in [2.24, 2.45) is 10.8 Å². The number of ketones is 2. The molecule has 44 heavy (non-hydrogen) atoms. The van der Waals surface area contributed by atoms with Crippen LogP contribution in [0.25, 0.3) is 0 Å². The van der Waals surface area contributed by atoms with Crippen LogP contribution in [-0.2, 0) is 21.0 Å². The topological polar surface area (TPSA) is 93.1 Å². The Hall–Kier alpha value is -3.10. The summed E-state index contributed by atoms with van der Waals surface area (Å²) in [4.78, 5) is 41.8. The van der Waals surface area contributed by atoms with Crippen molar-refractivity contribution in [2.45, 2.75) is 79.2 Å². The monoisotopic (exact) mass is 683 g/mol. The highest BCUT2D eigenvalue weighted by Gasteiger charge is 2.49. The third-order valence-electron chi connectivity index (χ3n) is 8.51. The van der Waals surface area contributed by atoms with Gasteiger partial charge < -0.3 is 19.5 Å². The predicted molar refractivity (Wildman–Crippen MR) is 173 cm³/mol.